The van der Waals surface area contributed by atoms with Gasteiger partial charge in [0.05, 0.1) is 18.9 Å². The minimum Gasteiger partial charge on any atom is -0.497 e. The van der Waals surface area contributed by atoms with Gasteiger partial charge in [0, 0.05) is 0 Å². The molecule has 0 radical (unpaired) electrons. The van der Waals surface area contributed by atoms with Gasteiger partial charge in [0.2, 0.25) is 0 Å². The molecule has 0 aliphatic rings. The number of aryl methyl sites for hydroxylation is 2. The number of methoxy groups -OCH3 is 1. The van der Waals surface area contributed by atoms with Gasteiger partial charge in [0.1, 0.15) is 17.3 Å². The fourth-order valence-electron chi connectivity index (χ4n) is 1.80. The summed E-state index contributed by atoms with van der Waals surface area (Å²) in [7, 11) is 1.60. The first-order valence-electron chi connectivity index (χ1n) is 6.14. The molecule has 0 spiro atoms. The Bertz CT molecular complexity index is 644. The number of amides is 1. The zero-order valence-electron chi connectivity index (χ0n) is 11.6. The van der Waals surface area contributed by atoms with Gasteiger partial charge in [0.25, 0.3) is 5.91 Å². The van der Waals surface area contributed by atoms with Crippen LogP contribution >= 0.6 is 0 Å². The number of hydrogen-bond acceptors (Lipinski definition) is 4. The molecule has 0 atom stereocenters. The van der Waals surface area contributed by atoms with E-state index in [-0.39, 0.29) is 5.91 Å². The predicted octanol–water partition coefficient (Wildman–Crippen LogP) is 2.67. The molecule has 2 rings (SSSR count). The lowest BCUT2D eigenvalue weighted by Crippen LogP contribution is -2.17. The number of benzene rings is 1. The van der Waals surface area contributed by atoms with Gasteiger partial charge in [-0.3, -0.25) is 4.79 Å². The van der Waals surface area contributed by atoms with Gasteiger partial charge < -0.3 is 9.15 Å². The van der Waals surface area contributed by atoms with Crippen molar-refractivity contribution in [3.05, 3.63) is 53.0 Å². The van der Waals surface area contributed by atoms with Gasteiger partial charge in [-0.1, -0.05) is 12.1 Å². The molecule has 2 aromatic rings. The van der Waals surface area contributed by atoms with Crippen LogP contribution in [0.15, 0.2) is 39.9 Å². The number of carbonyl (C=O) groups is 1. The number of carbonyl (C=O) groups excluding carboxylic acids is 1. The first kappa shape index (κ1) is 13.9. The van der Waals surface area contributed by atoms with Crippen LogP contribution in [0, 0.1) is 13.8 Å². The second kappa shape index (κ2) is 6.06. The maximum absolute atomic E-state index is 11.9. The molecule has 1 aromatic carbocycles. The van der Waals surface area contributed by atoms with Crippen molar-refractivity contribution in [2.75, 3.05) is 7.11 Å². The van der Waals surface area contributed by atoms with E-state index in [1.54, 1.807) is 33.2 Å². The molecule has 0 aliphatic carbocycles. The molecule has 1 amide bonds. The highest BCUT2D eigenvalue weighted by atomic mass is 16.5. The summed E-state index contributed by atoms with van der Waals surface area (Å²) in [6, 6.07) is 9.07. The molecule has 1 aromatic heterocycles. The maximum Gasteiger partial charge on any atom is 0.274 e. The Hall–Kier alpha value is -2.56. The predicted molar refractivity (Wildman–Crippen MR) is 76.2 cm³/mol. The lowest BCUT2D eigenvalue weighted by molar-refractivity contribution is 0.0953. The summed E-state index contributed by atoms with van der Waals surface area (Å²) in [4.78, 5) is 11.9. The molecule has 20 heavy (non-hydrogen) atoms. The minimum absolute atomic E-state index is 0.293. The van der Waals surface area contributed by atoms with Crippen LogP contribution in [0.3, 0.4) is 0 Å². The van der Waals surface area contributed by atoms with E-state index < -0.39 is 0 Å². The highest BCUT2D eigenvalue weighted by molar-refractivity contribution is 5.95. The van der Waals surface area contributed by atoms with Crippen molar-refractivity contribution < 1.29 is 13.9 Å². The lowest BCUT2D eigenvalue weighted by atomic mass is 10.2. The monoisotopic (exact) mass is 272 g/mol. The average molecular weight is 272 g/mol. The van der Waals surface area contributed by atoms with Crippen molar-refractivity contribution in [1.29, 1.82) is 0 Å². The quantitative estimate of drug-likeness (QED) is 0.687. The van der Waals surface area contributed by atoms with Crippen molar-refractivity contribution >= 4 is 12.1 Å². The number of furan rings is 1. The van der Waals surface area contributed by atoms with Crippen LogP contribution in [0.4, 0.5) is 0 Å². The minimum atomic E-state index is -0.293. The second-order valence-corrected chi connectivity index (χ2v) is 4.30. The van der Waals surface area contributed by atoms with Crippen LogP contribution in [-0.2, 0) is 0 Å². The molecule has 104 valence electrons. The second-order valence-electron chi connectivity index (χ2n) is 4.30. The van der Waals surface area contributed by atoms with Crippen molar-refractivity contribution in [3.63, 3.8) is 0 Å². The average Bonchev–Trinajstić information content (AvgIpc) is 2.78. The number of rotatable bonds is 4. The molecule has 1 N–H and O–H groups in total. The number of nitrogens with one attached hydrogen (secondary N) is 1. The molecule has 5 nitrogen and oxygen atoms in total. The fraction of sp³-hybridized carbons (Fsp3) is 0.200. The molecular weight excluding hydrogens is 256 g/mol. The van der Waals surface area contributed by atoms with Gasteiger partial charge in [-0.15, -0.1) is 0 Å². The molecule has 0 unspecified atom stereocenters. The smallest absolute Gasteiger partial charge is 0.274 e. The fourth-order valence-corrected chi connectivity index (χ4v) is 1.80. The Kier molecular flexibility index (Phi) is 4.20. The van der Waals surface area contributed by atoms with E-state index in [0.29, 0.717) is 17.1 Å². The number of hydrazone groups is 1. The molecule has 1 heterocycles. The molecular formula is C15H16N2O3. The highest BCUT2D eigenvalue weighted by Gasteiger charge is 2.12. The largest absolute Gasteiger partial charge is 0.497 e. The van der Waals surface area contributed by atoms with Crippen LogP contribution in [0.1, 0.15) is 27.4 Å². The Labute approximate surface area is 117 Å². The maximum atomic E-state index is 11.9. The Morgan fingerprint density at radius 2 is 2.15 bits per heavy atom. The highest BCUT2D eigenvalue weighted by Crippen LogP contribution is 2.13. The summed E-state index contributed by atoms with van der Waals surface area (Å²) in [5.74, 6) is 1.72. The first-order chi connectivity index (χ1) is 9.60. The summed E-state index contributed by atoms with van der Waals surface area (Å²) in [6.07, 6.45) is 1.56. The van der Waals surface area contributed by atoms with E-state index in [0.717, 1.165) is 11.3 Å². The van der Waals surface area contributed by atoms with Crippen LogP contribution in [0.5, 0.6) is 5.75 Å². The SMILES string of the molecule is COc1cccc(/C=N/NC(=O)c2cc(C)oc2C)c1. The van der Waals surface area contributed by atoms with Gasteiger partial charge >= 0.3 is 0 Å². The van der Waals surface area contributed by atoms with Crippen LogP contribution in [0.2, 0.25) is 0 Å². The van der Waals surface area contributed by atoms with Crippen molar-refractivity contribution in [1.82, 2.24) is 5.43 Å². The Balaban J connectivity index is 2.02. The van der Waals surface area contributed by atoms with E-state index in [2.05, 4.69) is 10.5 Å². The van der Waals surface area contributed by atoms with Gasteiger partial charge in [-0.25, -0.2) is 5.43 Å². The zero-order chi connectivity index (χ0) is 14.5. The van der Waals surface area contributed by atoms with Crippen LogP contribution in [-0.4, -0.2) is 19.2 Å². The van der Waals surface area contributed by atoms with Crippen molar-refractivity contribution in [3.8, 4) is 5.75 Å². The third kappa shape index (κ3) is 3.26. The van der Waals surface area contributed by atoms with E-state index in [1.807, 2.05) is 24.3 Å². The molecule has 0 saturated heterocycles. The molecule has 0 bridgehead atoms. The molecule has 5 heteroatoms. The summed E-state index contributed by atoms with van der Waals surface area (Å²) in [5, 5.41) is 3.92. The Morgan fingerprint density at radius 1 is 1.35 bits per heavy atom. The standard InChI is InChI=1S/C15H16N2O3/c1-10-7-14(11(2)20-10)15(18)17-16-9-12-5-4-6-13(8-12)19-3/h4-9H,1-3H3,(H,17,18)/b16-9+. The van der Waals surface area contributed by atoms with Gasteiger partial charge in [-0.2, -0.15) is 5.10 Å². The van der Waals surface area contributed by atoms with E-state index in [9.17, 15) is 4.79 Å². The van der Waals surface area contributed by atoms with E-state index in [4.69, 9.17) is 9.15 Å². The normalized spacial score (nSPS) is 10.8. The summed E-state index contributed by atoms with van der Waals surface area (Å²) < 4.78 is 10.4. The molecule has 0 aliphatic heterocycles. The topological polar surface area (TPSA) is 63.8 Å². The molecule has 0 fully saturated rings. The van der Waals surface area contributed by atoms with Gasteiger partial charge in [-0.05, 0) is 37.6 Å². The molecule has 0 saturated carbocycles. The van der Waals surface area contributed by atoms with Gasteiger partial charge in [0.15, 0.2) is 0 Å². The van der Waals surface area contributed by atoms with E-state index >= 15 is 0 Å². The number of hydrogen-bond donors (Lipinski definition) is 1. The number of nitrogens with zero attached hydrogens (tertiary/aromatic N) is 1. The lowest BCUT2D eigenvalue weighted by Gasteiger charge is -2.00. The van der Waals surface area contributed by atoms with Crippen molar-refractivity contribution in [2.45, 2.75) is 13.8 Å². The Morgan fingerprint density at radius 3 is 2.80 bits per heavy atom. The number of ether oxygens (including phenoxy) is 1. The van der Waals surface area contributed by atoms with Crippen LogP contribution < -0.4 is 10.2 Å². The summed E-state index contributed by atoms with van der Waals surface area (Å²) >= 11 is 0. The van der Waals surface area contributed by atoms with Crippen LogP contribution in [0.25, 0.3) is 0 Å². The summed E-state index contributed by atoms with van der Waals surface area (Å²) in [5.41, 5.74) is 3.80. The van der Waals surface area contributed by atoms with Crippen molar-refractivity contribution in [2.24, 2.45) is 5.10 Å². The third-order valence-electron chi connectivity index (χ3n) is 2.76. The zero-order valence-corrected chi connectivity index (χ0v) is 11.6. The third-order valence-corrected chi connectivity index (χ3v) is 2.76. The first-order valence-corrected chi connectivity index (χ1v) is 6.14. The summed E-state index contributed by atoms with van der Waals surface area (Å²) in [6.45, 7) is 3.54. The van der Waals surface area contributed by atoms with E-state index in [1.165, 1.54) is 0 Å².